The van der Waals surface area contributed by atoms with Gasteiger partial charge in [-0.15, -0.1) is 0 Å². The first-order chi connectivity index (χ1) is 21.9. The van der Waals surface area contributed by atoms with Gasteiger partial charge in [0, 0.05) is 17.3 Å². The number of aliphatic hydroxyl groups excluding tert-OH is 1. The van der Waals surface area contributed by atoms with Crippen molar-refractivity contribution < 1.29 is 42.2 Å². The molecular formula is C32H30F4N4O5S. The van der Waals surface area contributed by atoms with Crippen LogP contribution in [0.15, 0.2) is 60.7 Å². The number of alkyl halides is 3. The third-order valence-electron chi connectivity index (χ3n) is 7.80. The minimum atomic E-state index is -4.82. The van der Waals surface area contributed by atoms with Gasteiger partial charge < -0.3 is 15.5 Å². The Morgan fingerprint density at radius 1 is 1.00 bits per heavy atom. The summed E-state index contributed by atoms with van der Waals surface area (Å²) >= 11 is 0.586. The van der Waals surface area contributed by atoms with Gasteiger partial charge in [0.15, 0.2) is 11.2 Å². The average molecular weight is 659 g/mol. The first-order valence-electron chi connectivity index (χ1n) is 14.5. The number of aromatic nitrogens is 1. The van der Waals surface area contributed by atoms with E-state index in [2.05, 4.69) is 15.6 Å². The number of nitrogens with zero attached hydrogens (tertiary/aromatic N) is 2. The molecule has 46 heavy (non-hydrogen) atoms. The molecule has 1 aliphatic rings. The molecule has 1 aliphatic carbocycles. The number of aliphatic carboxylic acids is 1. The molecule has 4 N–H and O–H groups in total. The van der Waals surface area contributed by atoms with E-state index < -0.39 is 48.1 Å². The monoisotopic (exact) mass is 658 g/mol. The van der Waals surface area contributed by atoms with Crippen molar-refractivity contribution in [1.29, 1.82) is 0 Å². The van der Waals surface area contributed by atoms with Crippen molar-refractivity contribution in [2.24, 2.45) is 0 Å². The van der Waals surface area contributed by atoms with Gasteiger partial charge in [-0.3, -0.25) is 15.0 Å². The van der Waals surface area contributed by atoms with Crippen LogP contribution in [0.1, 0.15) is 65.1 Å². The maximum atomic E-state index is 14.0. The van der Waals surface area contributed by atoms with Crippen LogP contribution in [0.2, 0.25) is 0 Å². The maximum absolute atomic E-state index is 14.0. The van der Waals surface area contributed by atoms with Gasteiger partial charge >= 0.3 is 18.2 Å². The number of carbonyl (C=O) groups is 3. The van der Waals surface area contributed by atoms with Gasteiger partial charge in [0.25, 0.3) is 5.91 Å². The highest BCUT2D eigenvalue weighted by Crippen LogP contribution is 2.40. The van der Waals surface area contributed by atoms with Gasteiger partial charge in [-0.1, -0.05) is 54.9 Å². The van der Waals surface area contributed by atoms with E-state index in [1.54, 1.807) is 24.3 Å². The van der Waals surface area contributed by atoms with Crippen molar-refractivity contribution in [1.82, 2.24) is 10.3 Å². The Bertz CT molecular complexity index is 1720. The van der Waals surface area contributed by atoms with Crippen molar-refractivity contribution in [2.45, 2.75) is 56.8 Å². The first-order valence-corrected chi connectivity index (χ1v) is 15.3. The molecular weight excluding hydrogens is 628 g/mol. The Morgan fingerprint density at radius 2 is 1.67 bits per heavy atom. The van der Waals surface area contributed by atoms with Gasteiger partial charge in [0.1, 0.15) is 5.82 Å². The third-order valence-corrected chi connectivity index (χ3v) is 8.82. The summed E-state index contributed by atoms with van der Waals surface area (Å²) in [5.41, 5.74) is 1.03. The molecule has 0 bridgehead atoms. The molecule has 3 aromatic carbocycles. The average Bonchev–Trinajstić information content (AvgIpc) is 3.43. The summed E-state index contributed by atoms with van der Waals surface area (Å²) in [6.45, 7) is -0.481. The second-order valence-electron chi connectivity index (χ2n) is 11.0. The standard InChI is InChI=1S/C32H30F4N4O5S/c33-22-14-24(32(34,35)36)27-25(15-22)38-30(46-27)39-31(45)40(23-12-10-20(11-13-23)19-4-2-1-3-5-19)17-18-6-8-21(9-7-18)28(42)37-16-26(41)29(43)44/h6-15,19,26,41H,1-5,16-17H2,(H,37,42)(H,43,44)(H,38,39,45)/t26-/m1/s1. The lowest BCUT2D eigenvalue weighted by molar-refractivity contribution is -0.146. The van der Waals surface area contributed by atoms with E-state index in [4.69, 9.17) is 5.11 Å². The number of benzene rings is 3. The van der Waals surface area contributed by atoms with Crippen molar-refractivity contribution >= 4 is 50.3 Å². The van der Waals surface area contributed by atoms with E-state index in [1.165, 1.54) is 23.5 Å². The predicted octanol–water partition coefficient (Wildman–Crippen LogP) is 6.92. The number of carbonyl (C=O) groups excluding carboxylic acids is 2. The number of urea groups is 1. The van der Waals surface area contributed by atoms with Crippen LogP contribution >= 0.6 is 11.3 Å². The Hall–Kier alpha value is -4.56. The summed E-state index contributed by atoms with van der Waals surface area (Å²) in [6, 6.07) is 14.2. The second-order valence-corrected chi connectivity index (χ2v) is 12.0. The number of hydrogen-bond donors (Lipinski definition) is 4. The van der Waals surface area contributed by atoms with E-state index >= 15 is 0 Å². The highest BCUT2D eigenvalue weighted by molar-refractivity contribution is 7.22. The quantitative estimate of drug-likeness (QED) is 0.145. The minimum absolute atomic E-state index is 0.00155. The van der Waals surface area contributed by atoms with Crippen molar-refractivity contribution in [3.63, 3.8) is 0 Å². The molecule has 14 heteroatoms. The minimum Gasteiger partial charge on any atom is -0.479 e. The lowest BCUT2D eigenvalue weighted by Gasteiger charge is -2.25. The van der Waals surface area contributed by atoms with E-state index in [0.29, 0.717) is 34.6 Å². The summed E-state index contributed by atoms with van der Waals surface area (Å²) < 4.78 is 54.4. The van der Waals surface area contributed by atoms with Gasteiger partial charge in [-0.05, 0) is 60.2 Å². The summed E-state index contributed by atoms with van der Waals surface area (Å²) in [5.74, 6) is -2.76. The number of fused-ring (bicyclic) bond motifs is 1. The van der Waals surface area contributed by atoms with Crippen molar-refractivity contribution in [2.75, 3.05) is 16.8 Å². The number of thiazole rings is 1. The molecule has 0 unspecified atom stereocenters. The molecule has 1 atom stereocenters. The highest BCUT2D eigenvalue weighted by atomic mass is 32.1. The SMILES string of the molecule is O=C(NC[C@@H](O)C(=O)O)c1ccc(CN(C(=O)Nc2nc3cc(F)cc(C(F)(F)F)c3s2)c2ccc(C3CCCCC3)cc2)cc1. The van der Waals surface area contributed by atoms with Gasteiger partial charge in [0.2, 0.25) is 0 Å². The topological polar surface area (TPSA) is 132 Å². The lowest BCUT2D eigenvalue weighted by Crippen LogP contribution is -2.36. The molecule has 1 heterocycles. The smallest absolute Gasteiger partial charge is 0.417 e. The number of aliphatic hydroxyl groups is 1. The molecule has 3 amide bonds. The number of rotatable bonds is 9. The fourth-order valence-electron chi connectivity index (χ4n) is 5.39. The van der Waals surface area contributed by atoms with E-state index in [1.807, 2.05) is 12.1 Å². The van der Waals surface area contributed by atoms with Gasteiger partial charge in [0.05, 0.1) is 28.9 Å². The van der Waals surface area contributed by atoms with Crippen LogP contribution in [-0.2, 0) is 17.5 Å². The summed E-state index contributed by atoms with van der Waals surface area (Å²) in [7, 11) is 0. The Labute approximate surface area is 264 Å². The second kappa shape index (κ2) is 13.8. The molecule has 242 valence electrons. The van der Waals surface area contributed by atoms with Gasteiger partial charge in [-0.25, -0.2) is 19.0 Å². The third kappa shape index (κ3) is 7.80. The molecule has 1 aromatic heterocycles. The van der Waals surface area contributed by atoms with E-state index in [0.717, 1.165) is 37.3 Å². The summed E-state index contributed by atoms with van der Waals surface area (Å²) in [4.78, 5) is 42.3. The van der Waals surface area contributed by atoms with Crippen molar-refractivity contribution in [3.05, 3.63) is 88.7 Å². The van der Waals surface area contributed by atoms with Crippen LogP contribution in [0.3, 0.4) is 0 Å². The number of amides is 3. The first kappa shape index (κ1) is 32.8. The molecule has 9 nitrogen and oxygen atoms in total. The fourth-order valence-corrected chi connectivity index (χ4v) is 6.36. The van der Waals surface area contributed by atoms with Crippen LogP contribution in [0.5, 0.6) is 0 Å². The van der Waals surface area contributed by atoms with Crippen LogP contribution < -0.4 is 15.5 Å². The molecule has 0 saturated heterocycles. The molecule has 4 aromatic rings. The highest BCUT2D eigenvalue weighted by Gasteiger charge is 2.35. The van der Waals surface area contributed by atoms with E-state index in [-0.39, 0.29) is 27.5 Å². The number of hydrogen-bond acceptors (Lipinski definition) is 6. The molecule has 1 saturated carbocycles. The molecule has 5 rings (SSSR count). The van der Waals surface area contributed by atoms with Crippen molar-refractivity contribution in [3.8, 4) is 0 Å². The molecule has 0 radical (unpaired) electrons. The molecule has 0 aliphatic heterocycles. The van der Waals surface area contributed by atoms with Crippen LogP contribution in [0.4, 0.5) is 33.2 Å². The normalized spacial score (nSPS) is 14.5. The largest absolute Gasteiger partial charge is 0.479 e. The zero-order valence-corrected chi connectivity index (χ0v) is 25.1. The number of nitrogens with one attached hydrogen (secondary N) is 2. The van der Waals surface area contributed by atoms with Crippen LogP contribution in [0, 0.1) is 5.82 Å². The Morgan fingerprint density at radius 3 is 2.30 bits per heavy atom. The maximum Gasteiger partial charge on any atom is 0.417 e. The number of halogens is 4. The Kier molecular flexibility index (Phi) is 9.87. The van der Waals surface area contributed by atoms with Gasteiger partial charge in [-0.2, -0.15) is 13.2 Å². The Balaban J connectivity index is 1.39. The zero-order valence-electron chi connectivity index (χ0n) is 24.3. The van der Waals surface area contributed by atoms with Crippen LogP contribution in [-0.4, -0.2) is 45.8 Å². The number of anilines is 2. The van der Waals surface area contributed by atoms with Crippen LogP contribution in [0.25, 0.3) is 10.2 Å². The predicted molar refractivity (Wildman–Crippen MR) is 164 cm³/mol. The lowest BCUT2D eigenvalue weighted by atomic mass is 9.84. The number of carboxylic acids is 1. The number of carboxylic acid groups (broad SMARTS) is 1. The molecule has 1 fully saturated rings. The summed E-state index contributed by atoms with van der Waals surface area (Å²) in [6.07, 6.45) is -0.910. The van der Waals surface area contributed by atoms with E-state index in [9.17, 15) is 37.1 Å². The zero-order chi connectivity index (χ0) is 33.0. The fraction of sp³-hybridized carbons (Fsp3) is 0.312. The summed E-state index contributed by atoms with van der Waals surface area (Å²) in [5, 5.41) is 22.9. The molecule has 0 spiro atoms.